The average molecular weight is 258 g/mol. The van der Waals surface area contributed by atoms with Crippen LogP contribution in [0.2, 0.25) is 10.0 Å². The highest BCUT2D eigenvalue weighted by atomic mass is 35.5. The van der Waals surface area contributed by atoms with Gasteiger partial charge in [-0.3, -0.25) is 0 Å². The van der Waals surface area contributed by atoms with E-state index >= 15 is 0 Å². The molecule has 88 valence electrons. The Kier molecular flexibility index (Phi) is 4.12. The molecule has 1 aromatic carbocycles. The molecule has 16 heavy (non-hydrogen) atoms. The van der Waals surface area contributed by atoms with Crippen molar-refractivity contribution >= 4 is 23.2 Å². The van der Waals surface area contributed by atoms with Crippen molar-refractivity contribution < 1.29 is 0 Å². The van der Waals surface area contributed by atoms with Gasteiger partial charge in [0.25, 0.3) is 0 Å². The SMILES string of the molecule is CCC1CCNC(c2cc(Cl)ccc2Cl)C1. The van der Waals surface area contributed by atoms with E-state index in [0.717, 1.165) is 34.5 Å². The minimum absolute atomic E-state index is 0.366. The summed E-state index contributed by atoms with van der Waals surface area (Å²) in [5.41, 5.74) is 1.15. The fourth-order valence-corrected chi connectivity index (χ4v) is 2.82. The fourth-order valence-electron chi connectivity index (χ4n) is 2.39. The molecule has 0 amide bonds. The number of hydrogen-bond acceptors (Lipinski definition) is 1. The number of benzene rings is 1. The molecule has 1 N–H and O–H groups in total. The van der Waals surface area contributed by atoms with Gasteiger partial charge in [0.2, 0.25) is 0 Å². The maximum Gasteiger partial charge on any atom is 0.0454 e. The van der Waals surface area contributed by atoms with E-state index in [1.807, 2.05) is 18.2 Å². The van der Waals surface area contributed by atoms with Crippen molar-refractivity contribution in [2.45, 2.75) is 32.2 Å². The van der Waals surface area contributed by atoms with Gasteiger partial charge in [-0.2, -0.15) is 0 Å². The predicted octanol–water partition coefficient (Wildman–Crippen LogP) is 4.44. The first kappa shape index (κ1) is 12.2. The van der Waals surface area contributed by atoms with Crippen molar-refractivity contribution in [1.29, 1.82) is 0 Å². The molecule has 2 unspecified atom stereocenters. The van der Waals surface area contributed by atoms with E-state index in [0.29, 0.717) is 6.04 Å². The molecule has 1 aromatic rings. The van der Waals surface area contributed by atoms with E-state index in [1.165, 1.54) is 12.8 Å². The number of hydrogen-bond donors (Lipinski definition) is 1. The maximum absolute atomic E-state index is 6.22. The highest BCUT2D eigenvalue weighted by Gasteiger charge is 2.23. The number of rotatable bonds is 2. The van der Waals surface area contributed by atoms with Crippen LogP contribution in [-0.2, 0) is 0 Å². The van der Waals surface area contributed by atoms with E-state index in [9.17, 15) is 0 Å². The average Bonchev–Trinajstić information content (AvgIpc) is 2.32. The molecule has 0 saturated carbocycles. The van der Waals surface area contributed by atoms with Crippen LogP contribution in [0.5, 0.6) is 0 Å². The van der Waals surface area contributed by atoms with Crippen LogP contribution in [0.15, 0.2) is 18.2 Å². The van der Waals surface area contributed by atoms with Crippen LogP contribution in [0, 0.1) is 5.92 Å². The van der Waals surface area contributed by atoms with Crippen LogP contribution in [0.3, 0.4) is 0 Å². The first-order chi connectivity index (χ1) is 7.70. The van der Waals surface area contributed by atoms with E-state index in [1.54, 1.807) is 0 Å². The molecule has 0 radical (unpaired) electrons. The highest BCUT2D eigenvalue weighted by molar-refractivity contribution is 6.33. The molecule has 2 atom stereocenters. The molecule has 1 fully saturated rings. The van der Waals surface area contributed by atoms with Crippen LogP contribution >= 0.6 is 23.2 Å². The third kappa shape index (κ3) is 2.71. The lowest BCUT2D eigenvalue weighted by Crippen LogP contribution is -2.31. The lowest BCUT2D eigenvalue weighted by atomic mass is 9.87. The summed E-state index contributed by atoms with van der Waals surface area (Å²) in [4.78, 5) is 0. The van der Waals surface area contributed by atoms with E-state index in [4.69, 9.17) is 23.2 Å². The molecule has 1 aliphatic heterocycles. The van der Waals surface area contributed by atoms with E-state index in [2.05, 4.69) is 12.2 Å². The van der Waals surface area contributed by atoms with Crippen molar-refractivity contribution in [3.8, 4) is 0 Å². The zero-order chi connectivity index (χ0) is 11.5. The van der Waals surface area contributed by atoms with Gasteiger partial charge in [-0.25, -0.2) is 0 Å². The maximum atomic E-state index is 6.22. The van der Waals surface area contributed by atoms with Crippen LogP contribution in [0.25, 0.3) is 0 Å². The minimum atomic E-state index is 0.366. The smallest absolute Gasteiger partial charge is 0.0454 e. The Hall–Kier alpha value is -0.240. The molecule has 0 spiro atoms. The third-order valence-corrected chi connectivity index (χ3v) is 4.00. The van der Waals surface area contributed by atoms with Crippen molar-refractivity contribution in [3.63, 3.8) is 0 Å². The predicted molar refractivity (Wildman–Crippen MR) is 70.2 cm³/mol. The highest BCUT2D eigenvalue weighted by Crippen LogP contribution is 2.34. The zero-order valence-corrected chi connectivity index (χ0v) is 11.0. The second-order valence-electron chi connectivity index (χ2n) is 4.47. The molecule has 1 saturated heterocycles. The molecule has 0 aromatic heterocycles. The Morgan fingerprint density at radius 2 is 2.19 bits per heavy atom. The summed E-state index contributed by atoms with van der Waals surface area (Å²) in [6.07, 6.45) is 3.68. The van der Waals surface area contributed by atoms with Crippen LogP contribution in [-0.4, -0.2) is 6.54 Å². The summed E-state index contributed by atoms with van der Waals surface area (Å²) in [6.45, 7) is 3.33. The van der Waals surface area contributed by atoms with Crippen LogP contribution in [0.1, 0.15) is 37.8 Å². The summed E-state index contributed by atoms with van der Waals surface area (Å²) >= 11 is 12.2. The topological polar surface area (TPSA) is 12.0 Å². The molecule has 0 bridgehead atoms. The molecule has 3 heteroatoms. The number of halogens is 2. The second kappa shape index (κ2) is 5.39. The van der Waals surface area contributed by atoms with Gasteiger partial charge in [-0.05, 0) is 49.1 Å². The first-order valence-electron chi connectivity index (χ1n) is 5.89. The van der Waals surface area contributed by atoms with Gasteiger partial charge in [0.05, 0.1) is 0 Å². The molecule has 0 aliphatic carbocycles. The van der Waals surface area contributed by atoms with Crippen LogP contribution in [0.4, 0.5) is 0 Å². The van der Waals surface area contributed by atoms with Crippen molar-refractivity contribution in [1.82, 2.24) is 5.32 Å². The van der Waals surface area contributed by atoms with Gasteiger partial charge in [-0.1, -0.05) is 36.5 Å². The van der Waals surface area contributed by atoms with Crippen molar-refractivity contribution in [2.24, 2.45) is 5.92 Å². The van der Waals surface area contributed by atoms with Gasteiger partial charge in [0.1, 0.15) is 0 Å². The van der Waals surface area contributed by atoms with Crippen LogP contribution < -0.4 is 5.32 Å². The molecule has 1 nitrogen and oxygen atoms in total. The molecule has 1 heterocycles. The molecule has 1 aliphatic rings. The summed E-state index contributed by atoms with van der Waals surface area (Å²) in [7, 11) is 0. The van der Waals surface area contributed by atoms with Crippen molar-refractivity contribution in [2.75, 3.05) is 6.54 Å². The third-order valence-electron chi connectivity index (χ3n) is 3.42. The standard InChI is InChI=1S/C13H17Cl2N/c1-2-9-5-6-16-13(7-9)11-8-10(14)3-4-12(11)15/h3-4,8-9,13,16H,2,5-7H2,1H3. The Bertz CT molecular complexity index is 365. The molecular formula is C13H17Cl2N. The van der Waals surface area contributed by atoms with E-state index < -0.39 is 0 Å². The summed E-state index contributed by atoms with van der Waals surface area (Å²) in [6, 6.07) is 6.08. The van der Waals surface area contributed by atoms with Gasteiger partial charge < -0.3 is 5.32 Å². The minimum Gasteiger partial charge on any atom is -0.310 e. The van der Waals surface area contributed by atoms with Gasteiger partial charge >= 0.3 is 0 Å². The number of piperidine rings is 1. The Morgan fingerprint density at radius 1 is 1.38 bits per heavy atom. The van der Waals surface area contributed by atoms with Crippen molar-refractivity contribution in [3.05, 3.63) is 33.8 Å². The zero-order valence-electron chi connectivity index (χ0n) is 9.47. The monoisotopic (exact) mass is 257 g/mol. The Morgan fingerprint density at radius 3 is 2.94 bits per heavy atom. The first-order valence-corrected chi connectivity index (χ1v) is 6.64. The van der Waals surface area contributed by atoms with Gasteiger partial charge in [-0.15, -0.1) is 0 Å². The fraction of sp³-hybridized carbons (Fsp3) is 0.538. The lowest BCUT2D eigenvalue weighted by Gasteiger charge is -2.30. The Labute approximate surface area is 107 Å². The lowest BCUT2D eigenvalue weighted by molar-refractivity contribution is 0.299. The number of nitrogens with one attached hydrogen (secondary N) is 1. The molecular weight excluding hydrogens is 241 g/mol. The quantitative estimate of drug-likeness (QED) is 0.826. The second-order valence-corrected chi connectivity index (χ2v) is 5.31. The van der Waals surface area contributed by atoms with Gasteiger partial charge in [0.15, 0.2) is 0 Å². The normalized spacial score (nSPS) is 25.7. The Balaban J connectivity index is 2.19. The summed E-state index contributed by atoms with van der Waals surface area (Å²) < 4.78 is 0. The van der Waals surface area contributed by atoms with Gasteiger partial charge in [0, 0.05) is 16.1 Å². The largest absolute Gasteiger partial charge is 0.310 e. The molecule has 2 rings (SSSR count). The summed E-state index contributed by atoms with van der Waals surface area (Å²) in [5.74, 6) is 0.807. The summed E-state index contributed by atoms with van der Waals surface area (Å²) in [5, 5.41) is 5.11. The van der Waals surface area contributed by atoms with E-state index in [-0.39, 0.29) is 0 Å².